The molecular weight excluding hydrogens is 362 g/mol. The van der Waals surface area contributed by atoms with Crippen LogP contribution in [0.1, 0.15) is 27.7 Å². The maximum absolute atomic E-state index is 13.4. The number of nitrogens with one attached hydrogen (secondary N) is 1. The van der Waals surface area contributed by atoms with E-state index in [1.54, 1.807) is 0 Å². The lowest BCUT2D eigenvalue weighted by molar-refractivity contribution is 0.0975. The second-order valence-corrected chi connectivity index (χ2v) is 7.34. The molecule has 0 spiro atoms. The number of rotatable bonds is 5. The van der Waals surface area contributed by atoms with Crippen molar-refractivity contribution >= 4 is 23.0 Å². The molecule has 0 fully saturated rings. The van der Waals surface area contributed by atoms with Crippen LogP contribution in [-0.2, 0) is 0 Å². The van der Waals surface area contributed by atoms with E-state index in [-0.39, 0.29) is 18.7 Å². The predicted octanol–water partition coefficient (Wildman–Crippen LogP) is 4.19. The van der Waals surface area contributed by atoms with Gasteiger partial charge in [0.15, 0.2) is 0 Å². The minimum Gasteiger partial charge on any atom is -0.395 e. The number of anilines is 3. The van der Waals surface area contributed by atoms with Gasteiger partial charge in [-0.3, -0.25) is 9.69 Å². The summed E-state index contributed by atoms with van der Waals surface area (Å²) in [6.07, 6.45) is -0.309. The summed E-state index contributed by atoms with van der Waals surface area (Å²) in [6.45, 7) is 2.71. The molecule has 0 unspecified atom stereocenters. The van der Waals surface area contributed by atoms with Gasteiger partial charge in [-0.15, -0.1) is 0 Å². The van der Waals surface area contributed by atoms with Crippen LogP contribution >= 0.6 is 0 Å². The standard InChI is InChI=1S/C24H25N3O2/c1-17-6-5-7-20(16-17)27-23(25-22-9-4-3-8-21(22)24(27)29)18-10-12-19(13-11-18)26(2)14-15-28/h3-13,16,23,25,28H,14-15H2,1-2H3/t23-/m0/s1. The molecule has 0 aliphatic carbocycles. The largest absolute Gasteiger partial charge is 0.395 e. The van der Waals surface area contributed by atoms with Crippen LogP contribution in [0.2, 0.25) is 0 Å². The Morgan fingerprint density at radius 3 is 2.52 bits per heavy atom. The van der Waals surface area contributed by atoms with E-state index in [9.17, 15) is 4.79 Å². The average molecular weight is 387 g/mol. The van der Waals surface area contributed by atoms with Crippen LogP contribution in [0.4, 0.5) is 17.1 Å². The van der Waals surface area contributed by atoms with Crippen molar-refractivity contribution in [1.82, 2.24) is 0 Å². The monoisotopic (exact) mass is 387 g/mol. The van der Waals surface area contributed by atoms with E-state index in [4.69, 9.17) is 5.11 Å². The first-order valence-electron chi connectivity index (χ1n) is 9.76. The number of hydrogen-bond donors (Lipinski definition) is 2. The number of hydrogen-bond acceptors (Lipinski definition) is 4. The van der Waals surface area contributed by atoms with Gasteiger partial charge in [0.1, 0.15) is 6.17 Å². The van der Waals surface area contributed by atoms with E-state index >= 15 is 0 Å². The molecule has 148 valence electrons. The molecule has 1 heterocycles. The Labute approximate surface area is 171 Å². The Balaban J connectivity index is 1.76. The minimum atomic E-state index is -0.309. The Morgan fingerprint density at radius 2 is 1.79 bits per heavy atom. The van der Waals surface area contributed by atoms with Gasteiger partial charge in [-0.25, -0.2) is 0 Å². The normalized spacial score (nSPS) is 15.6. The molecule has 1 aliphatic heterocycles. The number of fused-ring (bicyclic) bond motifs is 1. The van der Waals surface area contributed by atoms with Crippen molar-refractivity contribution in [3.8, 4) is 0 Å². The smallest absolute Gasteiger partial charge is 0.262 e. The van der Waals surface area contributed by atoms with Crippen LogP contribution < -0.4 is 15.1 Å². The average Bonchev–Trinajstić information content (AvgIpc) is 2.74. The van der Waals surface area contributed by atoms with Crippen molar-refractivity contribution in [3.63, 3.8) is 0 Å². The third kappa shape index (κ3) is 3.69. The van der Waals surface area contributed by atoms with Crippen LogP contribution in [0.25, 0.3) is 0 Å². The molecule has 0 saturated carbocycles. The van der Waals surface area contributed by atoms with Gasteiger partial charge in [0.25, 0.3) is 5.91 Å². The number of carbonyl (C=O) groups excluding carboxylic acids is 1. The van der Waals surface area contributed by atoms with E-state index < -0.39 is 0 Å². The Bertz CT molecular complexity index is 1020. The van der Waals surface area contributed by atoms with Crippen LogP contribution in [0, 0.1) is 6.92 Å². The minimum absolute atomic E-state index is 0.0172. The molecule has 4 rings (SSSR count). The molecule has 0 aromatic heterocycles. The molecule has 0 saturated heterocycles. The fraction of sp³-hybridized carbons (Fsp3) is 0.208. The summed E-state index contributed by atoms with van der Waals surface area (Å²) in [5.74, 6) is -0.0172. The molecule has 3 aromatic rings. The Kier molecular flexibility index (Phi) is 5.23. The first-order valence-corrected chi connectivity index (χ1v) is 9.76. The number of para-hydroxylation sites is 1. The third-order valence-corrected chi connectivity index (χ3v) is 5.29. The fourth-order valence-electron chi connectivity index (χ4n) is 3.72. The first kappa shape index (κ1) is 19.0. The summed E-state index contributed by atoms with van der Waals surface area (Å²) in [7, 11) is 1.95. The molecule has 3 aromatic carbocycles. The molecule has 1 amide bonds. The lowest BCUT2D eigenvalue weighted by atomic mass is 10.0. The van der Waals surface area contributed by atoms with Gasteiger partial charge in [0.05, 0.1) is 12.2 Å². The Hall–Kier alpha value is -3.31. The van der Waals surface area contributed by atoms with Crippen molar-refractivity contribution < 1.29 is 9.90 Å². The number of aliphatic hydroxyl groups excluding tert-OH is 1. The lowest BCUT2D eigenvalue weighted by Crippen LogP contribution is -2.43. The molecule has 0 bridgehead atoms. The summed E-state index contributed by atoms with van der Waals surface area (Å²) in [6, 6.07) is 23.7. The summed E-state index contributed by atoms with van der Waals surface area (Å²) >= 11 is 0. The van der Waals surface area contributed by atoms with Gasteiger partial charge >= 0.3 is 0 Å². The predicted molar refractivity (Wildman–Crippen MR) is 118 cm³/mol. The van der Waals surface area contributed by atoms with Crippen molar-refractivity contribution in [2.24, 2.45) is 0 Å². The summed E-state index contributed by atoms with van der Waals surface area (Å²) in [5, 5.41) is 12.7. The number of aryl methyl sites for hydroxylation is 1. The zero-order valence-electron chi connectivity index (χ0n) is 16.7. The molecule has 5 nitrogen and oxygen atoms in total. The summed E-state index contributed by atoms with van der Waals surface area (Å²) < 4.78 is 0. The summed E-state index contributed by atoms with van der Waals surface area (Å²) in [4.78, 5) is 17.2. The summed E-state index contributed by atoms with van der Waals surface area (Å²) in [5.41, 5.74) is 5.50. The highest BCUT2D eigenvalue weighted by molar-refractivity contribution is 6.12. The van der Waals surface area contributed by atoms with Gasteiger partial charge < -0.3 is 15.3 Å². The zero-order valence-corrected chi connectivity index (χ0v) is 16.7. The molecule has 1 aliphatic rings. The van der Waals surface area contributed by atoms with Gasteiger partial charge in [-0.05, 0) is 54.4 Å². The Morgan fingerprint density at radius 1 is 1.03 bits per heavy atom. The highest BCUT2D eigenvalue weighted by atomic mass is 16.3. The molecule has 0 radical (unpaired) electrons. The number of amides is 1. The molecule has 5 heteroatoms. The highest BCUT2D eigenvalue weighted by Gasteiger charge is 2.34. The second-order valence-electron chi connectivity index (χ2n) is 7.34. The quantitative estimate of drug-likeness (QED) is 0.689. The highest BCUT2D eigenvalue weighted by Crippen LogP contribution is 2.37. The maximum Gasteiger partial charge on any atom is 0.262 e. The van der Waals surface area contributed by atoms with Crippen LogP contribution in [0.15, 0.2) is 72.8 Å². The molecule has 1 atom stereocenters. The van der Waals surface area contributed by atoms with E-state index in [2.05, 4.69) is 5.32 Å². The van der Waals surface area contributed by atoms with Gasteiger partial charge in [0.2, 0.25) is 0 Å². The van der Waals surface area contributed by atoms with Gasteiger partial charge in [0, 0.05) is 30.7 Å². The first-order chi connectivity index (χ1) is 14.1. The topological polar surface area (TPSA) is 55.8 Å². The number of nitrogens with zero attached hydrogens (tertiary/aromatic N) is 2. The van der Waals surface area contributed by atoms with Crippen molar-refractivity contribution in [3.05, 3.63) is 89.5 Å². The van der Waals surface area contributed by atoms with Crippen molar-refractivity contribution in [2.75, 3.05) is 35.3 Å². The number of likely N-dealkylation sites (N-methyl/N-ethyl adjacent to an activating group) is 1. The van der Waals surface area contributed by atoms with Gasteiger partial charge in [-0.2, -0.15) is 0 Å². The SMILES string of the molecule is Cc1cccc(N2C(=O)c3ccccc3N[C@@H]2c2ccc(N(C)CCO)cc2)c1. The fourth-order valence-corrected chi connectivity index (χ4v) is 3.72. The molecule has 2 N–H and O–H groups in total. The number of carbonyl (C=O) groups is 1. The van der Waals surface area contributed by atoms with Crippen LogP contribution in [0.3, 0.4) is 0 Å². The maximum atomic E-state index is 13.4. The second kappa shape index (κ2) is 7.97. The van der Waals surface area contributed by atoms with Crippen molar-refractivity contribution in [2.45, 2.75) is 13.1 Å². The zero-order chi connectivity index (χ0) is 20.4. The third-order valence-electron chi connectivity index (χ3n) is 5.29. The van der Waals surface area contributed by atoms with E-state index in [1.807, 2.05) is 96.6 Å². The molecular formula is C24H25N3O2. The van der Waals surface area contributed by atoms with E-state index in [0.717, 1.165) is 28.2 Å². The van der Waals surface area contributed by atoms with Gasteiger partial charge in [-0.1, -0.05) is 36.4 Å². The van der Waals surface area contributed by atoms with Crippen molar-refractivity contribution in [1.29, 1.82) is 0 Å². The number of aliphatic hydroxyl groups is 1. The van der Waals surface area contributed by atoms with E-state index in [1.165, 1.54) is 0 Å². The van der Waals surface area contributed by atoms with Crippen LogP contribution in [-0.4, -0.2) is 31.2 Å². The van der Waals surface area contributed by atoms with E-state index in [0.29, 0.717) is 12.1 Å². The molecule has 29 heavy (non-hydrogen) atoms. The van der Waals surface area contributed by atoms with Crippen LogP contribution in [0.5, 0.6) is 0 Å². The lowest BCUT2D eigenvalue weighted by Gasteiger charge is -2.38. The number of benzene rings is 3.